The van der Waals surface area contributed by atoms with Gasteiger partial charge in [-0.15, -0.1) is 11.3 Å². The van der Waals surface area contributed by atoms with Crippen molar-refractivity contribution >= 4 is 27.3 Å². The zero-order chi connectivity index (χ0) is 12.4. The molecular formula is C14H17NOS. The lowest BCUT2D eigenvalue weighted by Gasteiger charge is -2.16. The minimum absolute atomic E-state index is 0.0445. The lowest BCUT2D eigenvalue weighted by atomic mass is 9.99. The number of hydrogen-bond donors (Lipinski definition) is 0. The SMILES string of the molecule is C[C@H](Cc1csc2ccccc12)C(=O)N(C)C. The van der Waals surface area contributed by atoms with Crippen LogP contribution in [-0.2, 0) is 11.2 Å². The molecule has 3 heteroatoms. The summed E-state index contributed by atoms with van der Waals surface area (Å²) in [5.74, 6) is 0.239. The highest BCUT2D eigenvalue weighted by Gasteiger charge is 2.16. The van der Waals surface area contributed by atoms with E-state index in [4.69, 9.17) is 0 Å². The fourth-order valence-electron chi connectivity index (χ4n) is 2.05. The second-order valence-corrected chi connectivity index (χ2v) is 5.51. The van der Waals surface area contributed by atoms with Crippen molar-refractivity contribution in [1.82, 2.24) is 4.90 Å². The molecule has 0 radical (unpaired) electrons. The molecule has 0 aliphatic heterocycles. The first-order valence-corrected chi connectivity index (χ1v) is 6.64. The van der Waals surface area contributed by atoms with Crippen LogP contribution in [0.4, 0.5) is 0 Å². The van der Waals surface area contributed by atoms with E-state index in [-0.39, 0.29) is 11.8 Å². The second-order valence-electron chi connectivity index (χ2n) is 4.59. The number of carbonyl (C=O) groups excluding carboxylic acids is 1. The van der Waals surface area contributed by atoms with Crippen LogP contribution < -0.4 is 0 Å². The lowest BCUT2D eigenvalue weighted by molar-refractivity contribution is -0.132. The van der Waals surface area contributed by atoms with E-state index in [9.17, 15) is 4.79 Å². The molecule has 2 aromatic rings. The first kappa shape index (κ1) is 12.1. The van der Waals surface area contributed by atoms with Crippen molar-refractivity contribution in [1.29, 1.82) is 0 Å². The van der Waals surface area contributed by atoms with Gasteiger partial charge in [-0.05, 0) is 28.8 Å². The first-order chi connectivity index (χ1) is 8.09. The highest BCUT2D eigenvalue weighted by atomic mass is 32.1. The van der Waals surface area contributed by atoms with Gasteiger partial charge in [-0.2, -0.15) is 0 Å². The molecule has 1 aromatic carbocycles. The molecule has 0 fully saturated rings. The Kier molecular flexibility index (Phi) is 3.48. The van der Waals surface area contributed by atoms with Gasteiger partial charge in [0.05, 0.1) is 0 Å². The molecule has 0 aliphatic rings. The summed E-state index contributed by atoms with van der Waals surface area (Å²) in [5, 5.41) is 3.46. The number of carbonyl (C=O) groups is 1. The zero-order valence-corrected chi connectivity index (χ0v) is 11.3. The number of hydrogen-bond acceptors (Lipinski definition) is 2. The summed E-state index contributed by atoms with van der Waals surface area (Å²) in [6, 6.07) is 8.37. The zero-order valence-electron chi connectivity index (χ0n) is 10.4. The van der Waals surface area contributed by atoms with Crippen LogP contribution in [0.15, 0.2) is 29.6 Å². The minimum Gasteiger partial charge on any atom is -0.349 e. The van der Waals surface area contributed by atoms with Crippen molar-refractivity contribution in [2.45, 2.75) is 13.3 Å². The van der Waals surface area contributed by atoms with Crippen LogP contribution in [0, 0.1) is 5.92 Å². The maximum absolute atomic E-state index is 11.8. The van der Waals surface area contributed by atoms with Crippen molar-refractivity contribution in [3.8, 4) is 0 Å². The number of nitrogens with zero attached hydrogens (tertiary/aromatic N) is 1. The van der Waals surface area contributed by atoms with Gasteiger partial charge in [0.25, 0.3) is 0 Å². The molecule has 0 saturated heterocycles. The Balaban J connectivity index is 2.21. The third kappa shape index (κ3) is 2.50. The lowest BCUT2D eigenvalue weighted by Crippen LogP contribution is -2.29. The van der Waals surface area contributed by atoms with Gasteiger partial charge in [0.15, 0.2) is 0 Å². The van der Waals surface area contributed by atoms with Gasteiger partial charge in [0, 0.05) is 24.7 Å². The van der Waals surface area contributed by atoms with E-state index in [1.165, 1.54) is 15.6 Å². The Labute approximate surface area is 106 Å². The fraction of sp³-hybridized carbons (Fsp3) is 0.357. The Morgan fingerprint density at radius 2 is 2.06 bits per heavy atom. The number of benzene rings is 1. The predicted octanol–water partition coefficient (Wildman–Crippen LogP) is 3.17. The van der Waals surface area contributed by atoms with E-state index < -0.39 is 0 Å². The standard InChI is InChI=1S/C14H17NOS/c1-10(14(16)15(2)3)8-11-9-17-13-7-5-4-6-12(11)13/h4-7,9-10H,8H2,1-3H3/t10-/m1/s1. The van der Waals surface area contributed by atoms with Crippen LogP contribution in [0.1, 0.15) is 12.5 Å². The van der Waals surface area contributed by atoms with Crippen molar-refractivity contribution in [2.75, 3.05) is 14.1 Å². The van der Waals surface area contributed by atoms with Crippen LogP contribution in [0.25, 0.3) is 10.1 Å². The van der Waals surface area contributed by atoms with Gasteiger partial charge in [-0.25, -0.2) is 0 Å². The van der Waals surface area contributed by atoms with E-state index in [0.717, 1.165) is 6.42 Å². The van der Waals surface area contributed by atoms with Crippen LogP contribution >= 0.6 is 11.3 Å². The number of amides is 1. The largest absolute Gasteiger partial charge is 0.349 e. The Morgan fingerprint density at radius 1 is 1.35 bits per heavy atom. The predicted molar refractivity (Wildman–Crippen MR) is 73.4 cm³/mol. The van der Waals surface area contributed by atoms with Crippen LogP contribution in [-0.4, -0.2) is 24.9 Å². The van der Waals surface area contributed by atoms with Gasteiger partial charge >= 0.3 is 0 Å². The van der Waals surface area contributed by atoms with Gasteiger partial charge < -0.3 is 4.90 Å². The maximum Gasteiger partial charge on any atom is 0.225 e. The minimum atomic E-state index is 0.0445. The molecule has 2 nitrogen and oxygen atoms in total. The van der Waals surface area contributed by atoms with Crippen molar-refractivity contribution in [3.05, 3.63) is 35.2 Å². The Morgan fingerprint density at radius 3 is 2.76 bits per heavy atom. The topological polar surface area (TPSA) is 20.3 Å². The molecule has 90 valence electrons. The molecule has 17 heavy (non-hydrogen) atoms. The molecule has 1 amide bonds. The molecule has 0 aliphatic carbocycles. The van der Waals surface area contributed by atoms with Crippen LogP contribution in [0.3, 0.4) is 0 Å². The molecule has 1 atom stereocenters. The van der Waals surface area contributed by atoms with E-state index in [2.05, 4.69) is 29.6 Å². The molecule has 1 aromatic heterocycles. The molecule has 2 rings (SSSR count). The average Bonchev–Trinajstić information content (AvgIpc) is 2.71. The molecule has 0 N–H and O–H groups in total. The van der Waals surface area contributed by atoms with Crippen LogP contribution in [0.2, 0.25) is 0 Å². The van der Waals surface area contributed by atoms with E-state index in [1.54, 1.807) is 16.2 Å². The van der Waals surface area contributed by atoms with Gasteiger partial charge in [0.1, 0.15) is 0 Å². The van der Waals surface area contributed by atoms with Crippen LogP contribution in [0.5, 0.6) is 0 Å². The van der Waals surface area contributed by atoms with Gasteiger partial charge in [0.2, 0.25) is 5.91 Å². The molecule has 1 heterocycles. The highest BCUT2D eigenvalue weighted by molar-refractivity contribution is 7.17. The third-order valence-electron chi connectivity index (χ3n) is 2.95. The molecule has 0 spiro atoms. The summed E-state index contributed by atoms with van der Waals surface area (Å²) in [5.41, 5.74) is 1.29. The number of rotatable bonds is 3. The quantitative estimate of drug-likeness (QED) is 0.816. The number of fused-ring (bicyclic) bond motifs is 1. The summed E-state index contributed by atoms with van der Waals surface area (Å²) >= 11 is 1.75. The van der Waals surface area contributed by atoms with E-state index >= 15 is 0 Å². The average molecular weight is 247 g/mol. The molecule has 0 unspecified atom stereocenters. The van der Waals surface area contributed by atoms with Crippen molar-refractivity contribution in [2.24, 2.45) is 5.92 Å². The Bertz CT molecular complexity index is 530. The highest BCUT2D eigenvalue weighted by Crippen LogP contribution is 2.27. The summed E-state index contributed by atoms with van der Waals surface area (Å²) in [6.07, 6.45) is 0.820. The summed E-state index contributed by atoms with van der Waals surface area (Å²) < 4.78 is 1.30. The van der Waals surface area contributed by atoms with E-state index in [0.29, 0.717) is 0 Å². The molecular weight excluding hydrogens is 230 g/mol. The molecule has 0 saturated carbocycles. The van der Waals surface area contributed by atoms with Gasteiger partial charge in [-0.3, -0.25) is 4.79 Å². The molecule has 0 bridgehead atoms. The monoisotopic (exact) mass is 247 g/mol. The summed E-state index contributed by atoms with van der Waals surface area (Å²) in [6.45, 7) is 1.99. The fourth-order valence-corrected chi connectivity index (χ4v) is 3.02. The van der Waals surface area contributed by atoms with Crippen molar-refractivity contribution < 1.29 is 4.79 Å². The van der Waals surface area contributed by atoms with E-state index in [1.807, 2.05) is 21.0 Å². The third-order valence-corrected chi connectivity index (χ3v) is 3.96. The first-order valence-electron chi connectivity index (χ1n) is 5.76. The number of thiophene rings is 1. The maximum atomic E-state index is 11.8. The Hall–Kier alpha value is -1.35. The smallest absolute Gasteiger partial charge is 0.225 e. The van der Waals surface area contributed by atoms with Crippen molar-refractivity contribution in [3.63, 3.8) is 0 Å². The summed E-state index contributed by atoms with van der Waals surface area (Å²) in [7, 11) is 3.62. The normalized spacial score (nSPS) is 12.6. The summed E-state index contributed by atoms with van der Waals surface area (Å²) in [4.78, 5) is 13.5. The van der Waals surface area contributed by atoms with Gasteiger partial charge in [-0.1, -0.05) is 25.1 Å². The second kappa shape index (κ2) is 4.88.